The van der Waals surface area contributed by atoms with E-state index in [0.717, 1.165) is 38.8 Å². The van der Waals surface area contributed by atoms with Gasteiger partial charge in [-0.25, -0.2) is 0 Å². The van der Waals surface area contributed by atoms with Crippen LogP contribution in [0.15, 0.2) is 61.4 Å². The fourth-order valence-electron chi connectivity index (χ4n) is 8.24. The van der Waals surface area contributed by atoms with E-state index in [4.69, 9.17) is 4.74 Å². The number of carbonyl (C=O) groups is 2. The fourth-order valence-corrected chi connectivity index (χ4v) is 8.24. The molecule has 0 spiro atoms. The zero-order valence-electron chi connectivity index (χ0n) is 24.3. The molecule has 2 aromatic heterocycles. The molecule has 6 atom stereocenters. The van der Waals surface area contributed by atoms with Gasteiger partial charge in [-0.1, -0.05) is 30.3 Å². The highest BCUT2D eigenvalue weighted by Gasteiger charge is 2.42. The van der Waals surface area contributed by atoms with Crippen molar-refractivity contribution >= 4 is 46.2 Å². The number of aromatic amines is 2. The summed E-state index contributed by atoms with van der Waals surface area (Å²) in [5, 5.41) is 15.7. The molecule has 0 radical (unpaired) electrons. The minimum Gasteiger partial charge on any atom is -0.481 e. The molecule has 0 amide bonds. The number of hydrogen-bond acceptors (Lipinski definition) is 5. The third-order valence-corrected chi connectivity index (χ3v) is 10.1. The second-order valence-electron chi connectivity index (χ2n) is 12.3. The first-order valence-corrected chi connectivity index (χ1v) is 15.0. The van der Waals surface area contributed by atoms with E-state index in [9.17, 15) is 14.7 Å². The number of methoxy groups -OCH3 is 1. The van der Waals surface area contributed by atoms with E-state index < -0.39 is 5.97 Å². The lowest BCUT2D eigenvalue weighted by Gasteiger charge is -2.45. The molecular weight excluding hydrogens is 564 g/mol. The molecule has 9 heteroatoms. The first-order chi connectivity index (χ1) is 20.5. The van der Waals surface area contributed by atoms with Crippen molar-refractivity contribution in [3.63, 3.8) is 0 Å². The van der Waals surface area contributed by atoms with E-state index in [1.807, 2.05) is 6.08 Å². The van der Waals surface area contributed by atoms with Crippen LogP contribution in [0.3, 0.4) is 0 Å². The van der Waals surface area contributed by atoms with E-state index in [1.54, 1.807) is 0 Å². The SMILES string of the molecule is C=CCN1C[C@H](C(=O)O)C[C@@H]2c3cccc4[nH]cc(c34)C[C@H]21.COC(=O)[C@H]1CN[C@@H]2Cc3c[nH]c4cccc(c34)[C@H]2C1.Cl. The number of ether oxygens (including phenoxy) is 1. The Morgan fingerprint density at radius 2 is 1.60 bits per heavy atom. The summed E-state index contributed by atoms with van der Waals surface area (Å²) < 4.78 is 4.91. The zero-order chi connectivity index (χ0) is 29.0. The van der Waals surface area contributed by atoms with Crippen LogP contribution in [0.25, 0.3) is 21.8 Å². The van der Waals surface area contributed by atoms with Crippen molar-refractivity contribution in [3.8, 4) is 0 Å². The zero-order valence-corrected chi connectivity index (χ0v) is 25.2. The molecule has 2 aromatic carbocycles. The third-order valence-electron chi connectivity index (χ3n) is 10.1. The molecule has 4 N–H and O–H groups in total. The Hall–Kier alpha value is -3.59. The van der Waals surface area contributed by atoms with Crippen molar-refractivity contribution in [2.24, 2.45) is 11.8 Å². The van der Waals surface area contributed by atoms with Crippen LogP contribution in [-0.2, 0) is 27.2 Å². The van der Waals surface area contributed by atoms with E-state index >= 15 is 0 Å². The molecule has 4 aliphatic rings. The number of nitrogens with one attached hydrogen (secondary N) is 3. The maximum atomic E-state index is 11.8. The standard InChI is InChI=1S/C18H20N2O2.C16H18N2O2.ClH/c1-2-6-20-10-12(18(21)22)7-14-13-4-3-5-15-17(13)11(9-19-15)8-16(14)20;1-20-16(19)10-5-12-11-3-2-4-13-15(11)9(7-17-13)6-14(12)18-8-10;/h2-5,9,12,14,16,19H,1,6-8,10H2,(H,21,22);2-4,7,10,12,14,17-18H,5-6,8H2,1H3;1H/t12-,14-,16-;10-,12-,14-;/m11./s1. The van der Waals surface area contributed by atoms with Crippen molar-refractivity contribution in [1.29, 1.82) is 0 Å². The number of aromatic nitrogens is 2. The summed E-state index contributed by atoms with van der Waals surface area (Å²) in [5.74, 6) is -0.405. The Bertz CT molecular complexity index is 1680. The lowest BCUT2D eigenvalue weighted by atomic mass is 9.72. The number of halogens is 1. The lowest BCUT2D eigenvalue weighted by molar-refractivity contribution is -0.146. The number of esters is 1. The number of carboxylic acids is 1. The number of nitrogens with zero attached hydrogens (tertiary/aromatic N) is 1. The number of H-pyrrole nitrogens is 2. The molecule has 4 aromatic rings. The number of likely N-dealkylation sites (tertiary alicyclic amines) is 1. The van der Waals surface area contributed by atoms with Gasteiger partial charge < -0.3 is 25.1 Å². The molecule has 8 rings (SSSR count). The Kier molecular flexibility index (Phi) is 8.11. The number of rotatable bonds is 4. The number of piperidine rings is 2. The first-order valence-electron chi connectivity index (χ1n) is 15.0. The average Bonchev–Trinajstić information content (AvgIpc) is 3.63. The van der Waals surface area contributed by atoms with Gasteiger partial charge in [-0.3, -0.25) is 14.5 Å². The van der Waals surface area contributed by atoms with Gasteiger partial charge in [0.25, 0.3) is 0 Å². The molecule has 0 unspecified atom stereocenters. The predicted octanol–water partition coefficient (Wildman–Crippen LogP) is 5.15. The highest BCUT2D eigenvalue weighted by Crippen LogP contribution is 2.45. The van der Waals surface area contributed by atoms with Crippen LogP contribution < -0.4 is 5.32 Å². The van der Waals surface area contributed by atoms with Crippen molar-refractivity contribution in [2.45, 2.75) is 49.6 Å². The van der Waals surface area contributed by atoms with Crippen LogP contribution in [0.5, 0.6) is 0 Å². The van der Waals surface area contributed by atoms with E-state index in [0.29, 0.717) is 30.5 Å². The van der Waals surface area contributed by atoms with Crippen LogP contribution in [0, 0.1) is 11.8 Å². The highest BCUT2D eigenvalue weighted by molar-refractivity contribution is 5.89. The Labute approximate surface area is 257 Å². The second-order valence-corrected chi connectivity index (χ2v) is 12.3. The van der Waals surface area contributed by atoms with Crippen LogP contribution in [-0.4, -0.2) is 70.7 Å². The summed E-state index contributed by atoms with van der Waals surface area (Å²) in [5.41, 5.74) is 7.80. The molecule has 0 bridgehead atoms. The molecular formula is C34H39ClN4O4. The summed E-state index contributed by atoms with van der Waals surface area (Å²) in [6.07, 6.45) is 9.76. The summed E-state index contributed by atoms with van der Waals surface area (Å²) in [7, 11) is 1.47. The molecule has 2 saturated heterocycles. The van der Waals surface area contributed by atoms with Crippen molar-refractivity contribution in [3.05, 3.63) is 83.7 Å². The molecule has 8 nitrogen and oxygen atoms in total. The van der Waals surface area contributed by atoms with Crippen molar-refractivity contribution < 1.29 is 19.4 Å². The van der Waals surface area contributed by atoms with Crippen molar-refractivity contribution in [1.82, 2.24) is 20.2 Å². The molecule has 2 aliphatic carbocycles. The number of hydrogen-bond donors (Lipinski definition) is 4. The van der Waals surface area contributed by atoms with Gasteiger partial charge in [0.05, 0.1) is 18.9 Å². The second kappa shape index (κ2) is 11.8. The minimum absolute atomic E-state index is 0. The Morgan fingerprint density at radius 3 is 2.23 bits per heavy atom. The van der Waals surface area contributed by atoms with Gasteiger partial charge in [-0.15, -0.1) is 19.0 Å². The van der Waals surface area contributed by atoms with Gasteiger partial charge in [0.2, 0.25) is 0 Å². The first kappa shape index (κ1) is 29.5. The van der Waals surface area contributed by atoms with Crippen LogP contribution in [0.2, 0.25) is 0 Å². The highest BCUT2D eigenvalue weighted by atomic mass is 35.5. The normalized spacial score (nSPS) is 27.2. The summed E-state index contributed by atoms with van der Waals surface area (Å²) in [6.45, 7) is 5.94. The topological polar surface area (TPSA) is 110 Å². The van der Waals surface area contributed by atoms with Crippen molar-refractivity contribution in [2.75, 3.05) is 26.7 Å². The number of aliphatic carboxylic acids is 1. The summed E-state index contributed by atoms with van der Waals surface area (Å²) in [4.78, 5) is 32.4. The number of carboxylic acid groups (broad SMARTS) is 1. The van der Waals surface area contributed by atoms with Crippen LogP contribution in [0.1, 0.15) is 46.9 Å². The largest absolute Gasteiger partial charge is 0.481 e. The molecule has 226 valence electrons. The monoisotopic (exact) mass is 602 g/mol. The number of fused-ring (bicyclic) bond motifs is 4. The fraction of sp³-hybridized carbons (Fsp3) is 0.412. The van der Waals surface area contributed by atoms with Gasteiger partial charge in [0.1, 0.15) is 0 Å². The Morgan fingerprint density at radius 1 is 0.977 bits per heavy atom. The lowest BCUT2D eigenvalue weighted by Crippen LogP contribution is -2.51. The molecule has 0 saturated carbocycles. The minimum atomic E-state index is -0.681. The quantitative estimate of drug-likeness (QED) is 0.190. The van der Waals surface area contributed by atoms with E-state index in [-0.39, 0.29) is 30.2 Å². The smallest absolute Gasteiger partial charge is 0.309 e. The van der Waals surface area contributed by atoms with Crippen LogP contribution >= 0.6 is 12.4 Å². The van der Waals surface area contributed by atoms with Crippen LogP contribution in [0.4, 0.5) is 0 Å². The maximum Gasteiger partial charge on any atom is 0.309 e. The predicted molar refractivity (Wildman–Crippen MR) is 170 cm³/mol. The summed E-state index contributed by atoms with van der Waals surface area (Å²) in [6, 6.07) is 13.6. The molecule has 43 heavy (non-hydrogen) atoms. The number of benzene rings is 2. The molecule has 4 heterocycles. The van der Waals surface area contributed by atoms with Gasteiger partial charge in [-0.2, -0.15) is 0 Å². The average molecular weight is 603 g/mol. The van der Waals surface area contributed by atoms with Gasteiger partial charge in [-0.05, 0) is 60.1 Å². The van der Waals surface area contributed by atoms with E-state index in [2.05, 4.69) is 75.6 Å². The van der Waals surface area contributed by atoms with E-state index in [1.165, 1.54) is 51.2 Å². The molecule has 2 fully saturated rings. The van der Waals surface area contributed by atoms with Gasteiger partial charge >= 0.3 is 11.9 Å². The summed E-state index contributed by atoms with van der Waals surface area (Å²) >= 11 is 0. The van der Waals surface area contributed by atoms with Gasteiger partial charge in [0.15, 0.2) is 0 Å². The maximum absolute atomic E-state index is 11.8. The third kappa shape index (κ3) is 5.05. The number of carbonyl (C=O) groups excluding carboxylic acids is 1. The van der Waals surface area contributed by atoms with Gasteiger partial charge in [0, 0.05) is 77.8 Å². The molecule has 2 aliphatic heterocycles. The Balaban J connectivity index is 0.000000150.